The molecule has 1 unspecified atom stereocenters. The summed E-state index contributed by atoms with van der Waals surface area (Å²) >= 11 is 0. The molecule has 0 radical (unpaired) electrons. The quantitative estimate of drug-likeness (QED) is 0.323. The van der Waals surface area contributed by atoms with Crippen LogP contribution in [0.1, 0.15) is 52.6 Å². The molecule has 1 aliphatic rings. The lowest BCUT2D eigenvalue weighted by Gasteiger charge is -2.27. The van der Waals surface area contributed by atoms with Gasteiger partial charge in [0.1, 0.15) is 12.0 Å². The molecule has 0 amide bonds. The molecule has 1 aliphatic carbocycles. The molecular formula is C26H27N3O3. The van der Waals surface area contributed by atoms with Crippen molar-refractivity contribution in [2.75, 3.05) is 24.1 Å². The molecule has 0 saturated heterocycles. The highest BCUT2D eigenvalue weighted by Crippen LogP contribution is 2.36. The molecular weight excluding hydrogens is 402 g/mol. The van der Waals surface area contributed by atoms with E-state index in [0.717, 1.165) is 24.5 Å². The third-order valence-corrected chi connectivity index (χ3v) is 5.87. The lowest BCUT2D eigenvalue weighted by molar-refractivity contribution is 0.0481. The number of nitrogens with zero attached hydrogens (tertiary/aromatic N) is 1. The Balaban J connectivity index is 1.61. The molecule has 0 saturated carbocycles. The maximum atomic E-state index is 13.2. The molecule has 0 bridgehead atoms. The number of hydrogen-bond donors (Lipinski definition) is 2. The van der Waals surface area contributed by atoms with Crippen molar-refractivity contribution < 1.29 is 14.3 Å². The molecule has 3 aromatic carbocycles. The summed E-state index contributed by atoms with van der Waals surface area (Å²) in [4.78, 5) is 28.5. The van der Waals surface area contributed by atoms with Crippen LogP contribution in [0, 0.1) is 0 Å². The SMILES string of the molecule is CCN(CC)C(C)Oc1ccc(Nc2ccc(N)c3c2C(=O)c2ccccc2C3=O)cc1. The van der Waals surface area contributed by atoms with Crippen LogP contribution in [0.25, 0.3) is 0 Å². The second-order valence-electron chi connectivity index (χ2n) is 7.74. The normalized spacial score (nSPS) is 13.5. The van der Waals surface area contributed by atoms with E-state index in [0.29, 0.717) is 28.1 Å². The van der Waals surface area contributed by atoms with Crippen LogP contribution in [0.4, 0.5) is 17.1 Å². The molecule has 3 N–H and O–H groups in total. The van der Waals surface area contributed by atoms with Gasteiger partial charge in [0.05, 0.1) is 16.8 Å². The van der Waals surface area contributed by atoms with Gasteiger partial charge in [0.2, 0.25) is 0 Å². The average molecular weight is 430 g/mol. The van der Waals surface area contributed by atoms with Crippen LogP contribution in [0.2, 0.25) is 0 Å². The van der Waals surface area contributed by atoms with Gasteiger partial charge in [-0.1, -0.05) is 38.1 Å². The van der Waals surface area contributed by atoms with E-state index in [1.165, 1.54) is 0 Å². The zero-order chi connectivity index (χ0) is 22.8. The van der Waals surface area contributed by atoms with Crippen molar-refractivity contribution in [1.29, 1.82) is 0 Å². The molecule has 4 rings (SSSR count). The minimum atomic E-state index is -0.231. The molecule has 6 nitrogen and oxygen atoms in total. The Morgan fingerprint density at radius 1 is 0.875 bits per heavy atom. The molecule has 0 aliphatic heterocycles. The maximum absolute atomic E-state index is 13.2. The number of nitrogens with two attached hydrogens (primary N) is 1. The highest BCUT2D eigenvalue weighted by atomic mass is 16.5. The van der Waals surface area contributed by atoms with Crippen molar-refractivity contribution in [2.45, 2.75) is 27.0 Å². The first-order valence-electron chi connectivity index (χ1n) is 10.8. The van der Waals surface area contributed by atoms with Gasteiger partial charge in [-0.3, -0.25) is 14.5 Å². The van der Waals surface area contributed by atoms with Crippen molar-refractivity contribution in [2.24, 2.45) is 0 Å². The van der Waals surface area contributed by atoms with Gasteiger partial charge < -0.3 is 15.8 Å². The molecule has 0 fully saturated rings. The van der Waals surface area contributed by atoms with Crippen LogP contribution in [0.3, 0.4) is 0 Å². The first-order valence-corrected chi connectivity index (χ1v) is 10.8. The van der Waals surface area contributed by atoms with E-state index in [1.54, 1.807) is 36.4 Å². The van der Waals surface area contributed by atoms with Crippen LogP contribution in [-0.4, -0.2) is 35.8 Å². The fourth-order valence-corrected chi connectivity index (χ4v) is 4.13. The summed E-state index contributed by atoms with van der Waals surface area (Å²) in [5, 5.41) is 3.27. The van der Waals surface area contributed by atoms with Gasteiger partial charge in [0.25, 0.3) is 0 Å². The van der Waals surface area contributed by atoms with Gasteiger partial charge in [0.15, 0.2) is 11.6 Å². The molecule has 32 heavy (non-hydrogen) atoms. The summed E-state index contributed by atoms with van der Waals surface area (Å²) in [6.45, 7) is 8.06. The third kappa shape index (κ3) is 3.85. The molecule has 6 heteroatoms. The summed E-state index contributed by atoms with van der Waals surface area (Å²) in [5.74, 6) is 0.318. The predicted octanol–water partition coefficient (Wildman–Crippen LogP) is 4.85. The summed E-state index contributed by atoms with van der Waals surface area (Å²) in [5.41, 5.74) is 9.08. The molecule has 3 aromatic rings. The van der Waals surface area contributed by atoms with E-state index in [1.807, 2.05) is 31.2 Å². The van der Waals surface area contributed by atoms with Gasteiger partial charge in [-0.25, -0.2) is 0 Å². The van der Waals surface area contributed by atoms with Crippen LogP contribution in [-0.2, 0) is 0 Å². The number of rotatable bonds is 7. The van der Waals surface area contributed by atoms with Crippen LogP contribution >= 0.6 is 0 Å². The van der Waals surface area contributed by atoms with E-state index in [9.17, 15) is 9.59 Å². The number of hydrogen-bond acceptors (Lipinski definition) is 6. The largest absolute Gasteiger partial charge is 0.475 e. The Morgan fingerprint density at radius 2 is 1.47 bits per heavy atom. The molecule has 0 aromatic heterocycles. The van der Waals surface area contributed by atoms with Gasteiger partial charge in [0, 0.05) is 22.5 Å². The van der Waals surface area contributed by atoms with Crippen LogP contribution in [0.5, 0.6) is 5.75 Å². The number of benzene rings is 3. The smallest absolute Gasteiger partial charge is 0.196 e. The monoisotopic (exact) mass is 429 g/mol. The van der Waals surface area contributed by atoms with Gasteiger partial charge in [-0.2, -0.15) is 0 Å². The van der Waals surface area contributed by atoms with E-state index >= 15 is 0 Å². The van der Waals surface area contributed by atoms with Crippen LogP contribution in [0.15, 0.2) is 60.7 Å². The second kappa shape index (κ2) is 8.85. The lowest BCUT2D eigenvalue weighted by atomic mass is 9.82. The zero-order valence-corrected chi connectivity index (χ0v) is 18.5. The van der Waals surface area contributed by atoms with Crippen molar-refractivity contribution in [3.05, 3.63) is 82.9 Å². The Hall–Kier alpha value is -3.64. The molecule has 0 heterocycles. The Bertz CT molecular complexity index is 1170. The molecule has 1 atom stereocenters. The van der Waals surface area contributed by atoms with Crippen LogP contribution < -0.4 is 15.8 Å². The highest BCUT2D eigenvalue weighted by molar-refractivity contribution is 6.31. The number of anilines is 3. The standard InChI is InChI=1S/C26H27N3O3/c1-4-29(5-2)16(3)32-18-12-10-17(11-13-18)28-22-15-14-21(27)23-24(22)26(31)20-9-7-6-8-19(20)25(23)30/h6-16,28H,4-5,27H2,1-3H3. The van der Waals surface area contributed by atoms with Crippen molar-refractivity contribution >= 4 is 28.6 Å². The van der Waals surface area contributed by atoms with Crippen molar-refractivity contribution in [3.8, 4) is 5.75 Å². The summed E-state index contributed by atoms with van der Waals surface area (Å²) in [6.07, 6.45) is -0.0309. The Labute approximate surface area is 188 Å². The number of carbonyl (C=O) groups is 2. The first kappa shape index (κ1) is 21.6. The van der Waals surface area contributed by atoms with Crippen molar-refractivity contribution in [3.63, 3.8) is 0 Å². The topological polar surface area (TPSA) is 84.7 Å². The minimum Gasteiger partial charge on any atom is -0.475 e. The molecule has 164 valence electrons. The summed E-state index contributed by atoms with van der Waals surface area (Å²) < 4.78 is 6.02. The number of ketones is 2. The minimum absolute atomic E-state index is 0.0309. The Kier molecular flexibility index (Phi) is 5.97. The van der Waals surface area contributed by atoms with E-state index in [4.69, 9.17) is 10.5 Å². The number of nitrogen functional groups attached to an aromatic ring is 1. The maximum Gasteiger partial charge on any atom is 0.196 e. The number of fused-ring (bicyclic) bond motifs is 2. The number of carbonyl (C=O) groups excluding carboxylic acids is 2. The Morgan fingerprint density at radius 3 is 2.06 bits per heavy atom. The predicted molar refractivity (Wildman–Crippen MR) is 127 cm³/mol. The summed E-state index contributed by atoms with van der Waals surface area (Å²) in [6, 6.07) is 17.8. The van der Waals surface area contributed by atoms with E-state index < -0.39 is 0 Å². The lowest BCUT2D eigenvalue weighted by Crippen LogP contribution is -2.36. The highest BCUT2D eigenvalue weighted by Gasteiger charge is 2.33. The fourth-order valence-electron chi connectivity index (χ4n) is 4.13. The van der Waals surface area contributed by atoms with Gasteiger partial charge in [-0.05, 0) is 56.4 Å². The first-order chi connectivity index (χ1) is 15.4. The number of ether oxygens (including phenoxy) is 1. The zero-order valence-electron chi connectivity index (χ0n) is 18.5. The van der Waals surface area contributed by atoms with E-state index in [-0.39, 0.29) is 23.4 Å². The van der Waals surface area contributed by atoms with Gasteiger partial charge >= 0.3 is 0 Å². The third-order valence-electron chi connectivity index (χ3n) is 5.87. The number of nitrogens with one attached hydrogen (secondary N) is 1. The second-order valence-corrected chi connectivity index (χ2v) is 7.74. The van der Waals surface area contributed by atoms with Crippen molar-refractivity contribution in [1.82, 2.24) is 4.90 Å². The fraction of sp³-hybridized carbons (Fsp3) is 0.231. The van der Waals surface area contributed by atoms with Gasteiger partial charge in [-0.15, -0.1) is 0 Å². The molecule has 0 spiro atoms. The average Bonchev–Trinajstić information content (AvgIpc) is 2.80. The summed E-state index contributed by atoms with van der Waals surface area (Å²) in [7, 11) is 0. The van der Waals surface area contributed by atoms with E-state index in [2.05, 4.69) is 24.1 Å².